The van der Waals surface area contributed by atoms with Gasteiger partial charge in [0.2, 0.25) is 15.9 Å². The summed E-state index contributed by atoms with van der Waals surface area (Å²) in [6.45, 7) is 0. The third-order valence-corrected chi connectivity index (χ3v) is 3.91. The van der Waals surface area contributed by atoms with Crippen molar-refractivity contribution in [2.24, 2.45) is 0 Å². The van der Waals surface area contributed by atoms with Crippen LogP contribution in [-0.4, -0.2) is 20.6 Å². The molecule has 2 aromatic carbocycles. The first-order valence-electron chi connectivity index (χ1n) is 7.44. The van der Waals surface area contributed by atoms with Crippen molar-refractivity contribution in [2.75, 3.05) is 16.3 Å². The Hall–Kier alpha value is -3.06. The Morgan fingerprint density at radius 2 is 1.72 bits per heavy atom. The standard InChI is InChI=1S/C18H16N2O4S/c1-25(22,23)20-15-8-6-14(7-9-15)19-18(21)11-10-16-12-13-4-2-3-5-17(13)24-16/h2-12,20H,1H3,(H,19,21)/b11-10+. The average molecular weight is 356 g/mol. The molecule has 1 heterocycles. The first-order valence-corrected chi connectivity index (χ1v) is 9.34. The van der Waals surface area contributed by atoms with Gasteiger partial charge in [0.25, 0.3) is 0 Å². The van der Waals surface area contributed by atoms with Gasteiger partial charge in [-0.05, 0) is 42.5 Å². The largest absolute Gasteiger partial charge is 0.457 e. The number of rotatable bonds is 5. The van der Waals surface area contributed by atoms with Crippen molar-refractivity contribution in [3.8, 4) is 0 Å². The Kier molecular flexibility index (Phi) is 4.58. The summed E-state index contributed by atoms with van der Waals surface area (Å²) in [4.78, 5) is 12.0. The summed E-state index contributed by atoms with van der Waals surface area (Å²) in [6, 6.07) is 15.8. The molecule has 3 aromatic rings. The van der Waals surface area contributed by atoms with E-state index in [4.69, 9.17) is 4.42 Å². The van der Waals surface area contributed by atoms with E-state index in [1.807, 2.05) is 30.3 Å². The van der Waals surface area contributed by atoms with Crippen molar-refractivity contribution < 1.29 is 17.6 Å². The van der Waals surface area contributed by atoms with Crippen LogP contribution in [0.2, 0.25) is 0 Å². The van der Waals surface area contributed by atoms with E-state index < -0.39 is 10.0 Å². The number of hydrogen-bond acceptors (Lipinski definition) is 4. The minimum Gasteiger partial charge on any atom is -0.457 e. The maximum Gasteiger partial charge on any atom is 0.248 e. The van der Waals surface area contributed by atoms with Gasteiger partial charge in [0.05, 0.1) is 6.26 Å². The van der Waals surface area contributed by atoms with E-state index in [9.17, 15) is 13.2 Å². The highest BCUT2D eigenvalue weighted by Crippen LogP contribution is 2.20. The third kappa shape index (κ3) is 4.71. The summed E-state index contributed by atoms with van der Waals surface area (Å²) >= 11 is 0. The van der Waals surface area contributed by atoms with Gasteiger partial charge in [-0.15, -0.1) is 0 Å². The smallest absolute Gasteiger partial charge is 0.248 e. The fourth-order valence-electron chi connectivity index (χ4n) is 2.26. The Labute approximate surface area is 145 Å². The van der Waals surface area contributed by atoms with E-state index in [2.05, 4.69) is 10.0 Å². The van der Waals surface area contributed by atoms with Gasteiger partial charge in [-0.25, -0.2) is 8.42 Å². The van der Waals surface area contributed by atoms with Crippen LogP contribution in [0.15, 0.2) is 65.1 Å². The van der Waals surface area contributed by atoms with Crippen LogP contribution >= 0.6 is 0 Å². The van der Waals surface area contributed by atoms with Gasteiger partial charge in [-0.1, -0.05) is 18.2 Å². The molecule has 7 heteroatoms. The van der Waals surface area contributed by atoms with Crippen LogP contribution in [0.3, 0.4) is 0 Å². The molecule has 0 aliphatic carbocycles. The molecule has 1 amide bonds. The topological polar surface area (TPSA) is 88.4 Å². The fraction of sp³-hybridized carbons (Fsp3) is 0.0556. The zero-order valence-electron chi connectivity index (χ0n) is 13.4. The lowest BCUT2D eigenvalue weighted by atomic mass is 10.2. The van der Waals surface area contributed by atoms with Crippen LogP contribution in [0.25, 0.3) is 17.0 Å². The van der Waals surface area contributed by atoms with E-state index >= 15 is 0 Å². The molecule has 0 saturated heterocycles. The number of amides is 1. The molecule has 2 N–H and O–H groups in total. The zero-order chi connectivity index (χ0) is 17.9. The Bertz CT molecular complexity index is 1000. The molecule has 25 heavy (non-hydrogen) atoms. The summed E-state index contributed by atoms with van der Waals surface area (Å²) < 4.78 is 30.3. The van der Waals surface area contributed by atoms with Crippen molar-refractivity contribution in [3.05, 3.63) is 66.4 Å². The van der Waals surface area contributed by atoms with Crippen molar-refractivity contribution in [2.45, 2.75) is 0 Å². The minimum atomic E-state index is -3.32. The van der Waals surface area contributed by atoms with Crippen molar-refractivity contribution in [1.82, 2.24) is 0 Å². The lowest BCUT2D eigenvalue weighted by Crippen LogP contribution is -2.10. The molecular weight excluding hydrogens is 340 g/mol. The molecule has 0 fully saturated rings. The highest BCUT2D eigenvalue weighted by Gasteiger charge is 2.04. The van der Waals surface area contributed by atoms with Crippen molar-refractivity contribution >= 4 is 44.4 Å². The summed E-state index contributed by atoms with van der Waals surface area (Å²) in [6.07, 6.45) is 4.04. The first-order chi connectivity index (χ1) is 11.9. The van der Waals surface area contributed by atoms with Gasteiger partial charge in [0.15, 0.2) is 0 Å². The predicted octanol–water partition coefficient (Wildman–Crippen LogP) is 3.46. The molecule has 3 rings (SSSR count). The molecule has 0 saturated carbocycles. The van der Waals surface area contributed by atoms with E-state index in [1.54, 1.807) is 30.3 Å². The second kappa shape index (κ2) is 6.82. The zero-order valence-corrected chi connectivity index (χ0v) is 14.2. The molecule has 0 spiro atoms. The number of hydrogen-bond donors (Lipinski definition) is 2. The second-order valence-corrected chi connectivity index (χ2v) is 7.21. The second-order valence-electron chi connectivity index (χ2n) is 5.46. The third-order valence-electron chi connectivity index (χ3n) is 3.30. The Balaban J connectivity index is 1.63. The van der Waals surface area contributed by atoms with Crippen LogP contribution in [0.5, 0.6) is 0 Å². The normalized spacial score (nSPS) is 11.7. The predicted molar refractivity (Wildman–Crippen MR) is 98.8 cm³/mol. The molecule has 6 nitrogen and oxygen atoms in total. The van der Waals surface area contributed by atoms with Gasteiger partial charge >= 0.3 is 0 Å². The SMILES string of the molecule is CS(=O)(=O)Nc1ccc(NC(=O)/C=C/c2cc3ccccc3o2)cc1. The average Bonchev–Trinajstić information content (AvgIpc) is 2.96. The fourth-order valence-corrected chi connectivity index (χ4v) is 2.83. The summed E-state index contributed by atoms with van der Waals surface area (Å²) in [7, 11) is -3.32. The number of anilines is 2. The maximum absolute atomic E-state index is 12.0. The lowest BCUT2D eigenvalue weighted by Gasteiger charge is -2.05. The number of nitrogens with one attached hydrogen (secondary N) is 2. The van der Waals surface area contributed by atoms with Crippen LogP contribution in [0, 0.1) is 0 Å². The first kappa shape index (κ1) is 16.8. The highest BCUT2D eigenvalue weighted by atomic mass is 32.2. The molecule has 0 unspecified atom stereocenters. The van der Waals surface area contributed by atoms with Gasteiger partial charge in [0, 0.05) is 22.8 Å². The number of carbonyl (C=O) groups is 1. The van der Waals surface area contributed by atoms with Crippen LogP contribution in [0.4, 0.5) is 11.4 Å². The molecule has 128 valence electrons. The number of fused-ring (bicyclic) bond motifs is 1. The van der Waals surface area contributed by atoms with Crippen molar-refractivity contribution in [1.29, 1.82) is 0 Å². The van der Waals surface area contributed by atoms with Crippen molar-refractivity contribution in [3.63, 3.8) is 0 Å². The minimum absolute atomic E-state index is 0.315. The van der Waals surface area contributed by atoms with E-state index in [-0.39, 0.29) is 5.91 Å². The van der Waals surface area contributed by atoms with Gasteiger partial charge in [-0.3, -0.25) is 9.52 Å². The monoisotopic (exact) mass is 356 g/mol. The number of sulfonamides is 1. The summed E-state index contributed by atoms with van der Waals surface area (Å²) in [5.41, 5.74) is 1.74. The molecule has 1 aromatic heterocycles. The summed E-state index contributed by atoms with van der Waals surface area (Å²) in [5, 5.41) is 3.66. The number of benzene rings is 2. The highest BCUT2D eigenvalue weighted by molar-refractivity contribution is 7.92. The van der Waals surface area contributed by atoms with Crippen LogP contribution < -0.4 is 10.0 Å². The number of carbonyl (C=O) groups excluding carboxylic acids is 1. The van der Waals surface area contributed by atoms with Crippen LogP contribution in [-0.2, 0) is 14.8 Å². The number of furan rings is 1. The Morgan fingerprint density at radius 1 is 1.04 bits per heavy atom. The lowest BCUT2D eigenvalue weighted by molar-refractivity contribution is -0.111. The summed E-state index contributed by atoms with van der Waals surface area (Å²) in [5.74, 6) is 0.272. The maximum atomic E-state index is 12.0. The van der Waals surface area contributed by atoms with Gasteiger partial charge < -0.3 is 9.73 Å². The van der Waals surface area contributed by atoms with E-state index in [1.165, 1.54) is 6.08 Å². The molecule has 0 aliphatic rings. The van der Waals surface area contributed by atoms with Crippen LogP contribution in [0.1, 0.15) is 5.76 Å². The number of para-hydroxylation sites is 1. The molecule has 0 aliphatic heterocycles. The van der Waals surface area contributed by atoms with E-state index in [0.29, 0.717) is 17.1 Å². The van der Waals surface area contributed by atoms with Gasteiger partial charge in [0.1, 0.15) is 11.3 Å². The van der Waals surface area contributed by atoms with Gasteiger partial charge in [-0.2, -0.15) is 0 Å². The molecular formula is C18H16N2O4S. The van der Waals surface area contributed by atoms with E-state index in [0.717, 1.165) is 17.2 Å². The molecule has 0 atom stereocenters. The molecule has 0 bridgehead atoms. The molecule has 0 radical (unpaired) electrons. The quantitative estimate of drug-likeness (QED) is 0.685. The Morgan fingerprint density at radius 3 is 2.40 bits per heavy atom.